The molecule has 6 nitrogen and oxygen atoms in total. The molecular weight excluding hydrogens is 210 g/mol. The highest BCUT2D eigenvalue weighted by Gasteiger charge is 2.04. The number of carbonyl (C=O) groups excluding carboxylic acids is 1. The highest BCUT2D eigenvalue weighted by Crippen LogP contribution is 1.97. The van der Waals surface area contributed by atoms with Gasteiger partial charge in [-0.25, -0.2) is 0 Å². The summed E-state index contributed by atoms with van der Waals surface area (Å²) in [4.78, 5) is 11.3. The number of unbranched alkanes of at least 4 members (excludes halogenated alkanes) is 1. The Labute approximate surface area is 94.3 Å². The van der Waals surface area contributed by atoms with Gasteiger partial charge in [0.25, 0.3) is 0 Å². The third-order valence-corrected chi connectivity index (χ3v) is 1.96. The number of ether oxygens (including phenoxy) is 2. The minimum Gasteiger partial charge on any atom is -0.464 e. The van der Waals surface area contributed by atoms with Crippen LogP contribution >= 0.6 is 0 Å². The zero-order valence-corrected chi connectivity index (χ0v) is 9.39. The molecule has 0 aliphatic rings. The molecule has 0 aliphatic heterocycles. The minimum absolute atomic E-state index is 0.0987. The fourth-order valence-corrected chi connectivity index (χ4v) is 1.18. The summed E-state index contributed by atoms with van der Waals surface area (Å²) in [6.45, 7) is 1.20. The maximum Gasteiger partial charge on any atom is 0.327 e. The van der Waals surface area contributed by atoms with Gasteiger partial charge in [0, 0.05) is 19.9 Å². The van der Waals surface area contributed by atoms with E-state index in [1.165, 1.54) is 4.68 Å². The summed E-state index contributed by atoms with van der Waals surface area (Å²) < 4.78 is 11.3. The number of hydrogen-bond acceptors (Lipinski definition) is 5. The first-order valence-electron chi connectivity index (χ1n) is 5.16. The van der Waals surface area contributed by atoms with E-state index in [4.69, 9.17) is 15.2 Å². The first kappa shape index (κ1) is 12.5. The van der Waals surface area contributed by atoms with Crippen LogP contribution in [0.1, 0.15) is 12.8 Å². The van der Waals surface area contributed by atoms with Crippen molar-refractivity contribution < 1.29 is 14.3 Å². The van der Waals surface area contributed by atoms with Crippen LogP contribution in [0.5, 0.6) is 0 Å². The van der Waals surface area contributed by atoms with Crippen molar-refractivity contribution in [1.82, 2.24) is 9.78 Å². The topological polar surface area (TPSA) is 79.4 Å². The number of nitrogen functional groups attached to an aromatic ring is 1. The van der Waals surface area contributed by atoms with Crippen molar-refractivity contribution in [3.63, 3.8) is 0 Å². The van der Waals surface area contributed by atoms with Crippen LogP contribution in [-0.4, -0.2) is 36.1 Å². The molecule has 0 saturated carbocycles. The van der Waals surface area contributed by atoms with Gasteiger partial charge in [0.2, 0.25) is 0 Å². The number of methoxy groups -OCH3 is 1. The number of carbonyl (C=O) groups is 1. The zero-order valence-electron chi connectivity index (χ0n) is 9.39. The van der Waals surface area contributed by atoms with E-state index in [1.807, 2.05) is 0 Å². The standard InChI is InChI=1S/C10H17N3O3/c1-15-6-2-3-7-16-10(14)8-13-5-4-9(11)12-13/h4-5H,2-3,6-8H2,1H3,(H2,11,12). The molecule has 0 fully saturated rings. The van der Waals surface area contributed by atoms with Crippen molar-refractivity contribution in [3.05, 3.63) is 12.3 Å². The fraction of sp³-hybridized carbons (Fsp3) is 0.600. The van der Waals surface area contributed by atoms with Gasteiger partial charge in [-0.15, -0.1) is 0 Å². The number of anilines is 1. The summed E-state index contributed by atoms with van der Waals surface area (Å²) in [6.07, 6.45) is 3.33. The summed E-state index contributed by atoms with van der Waals surface area (Å²) in [5.41, 5.74) is 5.41. The Morgan fingerprint density at radius 3 is 2.88 bits per heavy atom. The second kappa shape index (κ2) is 6.84. The summed E-state index contributed by atoms with van der Waals surface area (Å²) >= 11 is 0. The number of esters is 1. The molecule has 6 heteroatoms. The molecule has 0 amide bonds. The van der Waals surface area contributed by atoms with Crippen molar-refractivity contribution in [2.75, 3.05) is 26.1 Å². The van der Waals surface area contributed by atoms with Crippen molar-refractivity contribution in [2.45, 2.75) is 19.4 Å². The first-order chi connectivity index (χ1) is 7.72. The predicted octanol–water partition coefficient (Wildman–Crippen LogP) is 0.435. The lowest BCUT2D eigenvalue weighted by Crippen LogP contribution is -2.15. The van der Waals surface area contributed by atoms with E-state index in [1.54, 1.807) is 19.4 Å². The lowest BCUT2D eigenvalue weighted by molar-refractivity contribution is -0.144. The van der Waals surface area contributed by atoms with E-state index in [2.05, 4.69) is 5.10 Å². The van der Waals surface area contributed by atoms with Crippen molar-refractivity contribution in [3.8, 4) is 0 Å². The predicted molar refractivity (Wildman–Crippen MR) is 58.7 cm³/mol. The minimum atomic E-state index is -0.305. The molecule has 1 rings (SSSR count). The van der Waals surface area contributed by atoms with Crippen LogP contribution in [0.25, 0.3) is 0 Å². The molecule has 0 unspecified atom stereocenters. The molecular formula is C10H17N3O3. The molecule has 2 N–H and O–H groups in total. The quantitative estimate of drug-likeness (QED) is 0.540. The lowest BCUT2D eigenvalue weighted by Gasteiger charge is -2.04. The molecule has 0 spiro atoms. The molecule has 0 bridgehead atoms. The molecule has 0 atom stereocenters. The Kier molecular flexibility index (Phi) is 5.35. The molecule has 90 valence electrons. The van der Waals surface area contributed by atoms with E-state index in [0.29, 0.717) is 19.0 Å². The first-order valence-corrected chi connectivity index (χ1v) is 5.16. The van der Waals surface area contributed by atoms with Gasteiger partial charge in [0.05, 0.1) is 6.61 Å². The van der Waals surface area contributed by atoms with Gasteiger partial charge in [-0.3, -0.25) is 9.48 Å². The molecule has 1 heterocycles. The maximum atomic E-state index is 11.3. The van der Waals surface area contributed by atoms with E-state index >= 15 is 0 Å². The maximum absolute atomic E-state index is 11.3. The lowest BCUT2D eigenvalue weighted by atomic mass is 10.3. The Morgan fingerprint density at radius 1 is 1.50 bits per heavy atom. The monoisotopic (exact) mass is 227 g/mol. The van der Waals surface area contributed by atoms with Crippen LogP contribution in [0, 0.1) is 0 Å². The Bertz CT molecular complexity index is 325. The summed E-state index contributed by atoms with van der Waals surface area (Å²) in [5.74, 6) is 0.0911. The summed E-state index contributed by atoms with van der Waals surface area (Å²) in [5, 5.41) is 3.88. The molecule has 16 heavy (non-hydrogen) atoms. The van der Waals surface area contributed by atoms with E-state index < -0.39 is 0 Å². The van der Waals surface area contributed by atoms with Gasteiger partial charge < -0.3 is 15.2 Å². The van der Waals surface area contributed by atoms with Crippen LogP contribution in [0.2, 0.25) is 0 Å². The Balaban J connectivity index is 2.11. The van der Waals surface area contributed by atoms with Crippen molar-refractivity contribution in [2.24, 2.45) is 0 Å². The van der Waals surface area contributed by atoms with Gasteiger partial charge in [0.1, 0.15) is 12.4 Å². The number of hydrogen-bond donors (Lipinski definition) is 1. The molecule has 0 radical (unpaired) electrons. The van der Waals surface area contributed by atoms with Gasteiger partial charge in [-0.2, -0.15) is 5.10 Å². The molecule has 0 aromatic carbocycles. The molecule has 0 saturated heterocycles. The Hall–Kier alpha value is -1.56. The van der Waals surface area contributed by atoms with Gasteiger partial charge in [0.15, 0.2) is 0 Å². The van der Waals surface area contributed by atoms with E-state index in [-0.39, 0.29) is 12.5 Å². The van der Waals surface area contributed by atoms with Gasteiger partial charge in [-0.05, 0) is 18.9 Å². The number of nitrogens with zero attached hydrogens (tertiary/aromatic N) is 2. The molecule has 1 aromatic heterocycles. The second-order valence-electron chi connectivity index (χ2n) is 3.36. The third kappa shape index (κ3) is 4.79. The SMILES string of the molecule is COCCCCOC(=O)Cn1ccc(N)n1. The number of aromatic nitrogens is 2. The fourth-order valence-electron chi connectivity index (χ4n) is 1.18. The normalized spacial score (nSPS) is 10.3. The van der Waals surface area contributed by atoms with Crippen molar-refractivity contribution in [1.29, 1.82) is 0 Å². The van der Waals surface area contributed by atoms with Gasteiger partial charge in [-0.1, -0.05) is 0 Å². The zero-order chi connectivity index (χ0) is 11.8. The largest absolute Gasteiger partial charge is 0.464 e. The molecule has 1 aromatic rings. The second-order valence-corrected chi connectivity index (χ2v) is 3.36. The van der Waals surface area contributed by atoms with Gasteiger partial charge >= 0.3 is 5.97 Å². The molecule has 0 aliphatic carbocycles. The highest BCUT2D eigenvalue weighted by atomic mass is 16.5. The van der Waals surface area contributed by atoms with E-state index in [9.17, 15) is 4.79 Å². The third-order valence-electron chi connectivity index (χ3n) is 1.96. The Morgan fingerprint density at radius 2 is 2.25 bits per heavy atom. The summed E-state index contributed by atoms with van der Waals surface area (Å²) in [7, 11) is 1.65. The van der Waals surface area contributed by atoms with Crippen LogP contribution in [0.4, 0.5) is 5.82 Å². The smallest absolute Gasteiger partial charge is 0.327 e. The van der Waals surface area contributed by atoms with Crippen LogP contribution in [0.15, 0.2) is 12.3 Å². The number of rotatable bonds is 7. The van der Waals surface area contributed by atoms with E-state index in [0.717, 1.165) is 12.8 Å². The number of nitrogens with two attached hydrogens (primary N) is 1. The van der Waals surface area contributed by atoms with Crippen molar-refractivity contribution >= 4 is 11.8 Å². The van der Waals surface area contributed by atoms with Crippen LogP contribution in [0.3, 0.4) is 0 Å². The highest BCUT2D eigenvalue weighted by molar-refractivity contribution is 5.69. The average molecular weight is 227 g/mol. The average Bonchev–Trinajstić information content (AvgIpc) is 2.63. The van der Waals surface area contributed by atoms with Crippen LogP contribution < -0.4 is 5.73 Å². The van der Waals surface area contributed by atoms with Crippen LogP contribution in [-0.2, 0) is 20.8 Å². The summed E-state index contributed by atoms with van der Waals surface area (Å²) in [6, 6.07) is 1.63.